The molecule has 10 N–H and O–H groups in total. The average Bonchev–Trinajstić information content (AvgIpc) is 2.51. The molecule has 0 bridgehead atoms. The summed E-state index contributed by atoms with van der Waals surface area (Å²) in [6.45, 7) is -2.64. The minimum absolute atomic E-state index is 0. The van der Waals surface area contributed by atoms with Gasteiger partial charge in [0, 0.05) is 0 Å². The summed E-state index contributed by atoms with van der Waals surface area (Å²) in [5.41, 5.74) is 0. The van der Waals surface area contributed by atoms with E-state index in [0.29, 0.717) is 0 Å². The predicted octanol–water partition coefficient (Wildman–Crippen LogP) is -7.61. The summed E-state index contributed by atoms with van der Waals surface area (Å²) in [6, 6.07) is 0. The molecule has 226 valence electrons. The van der Waals surface area contributed by atoms with E-state index in [0.717, 1.165) is 0 Å². The van der Waals surface area contributed by atoms with E-state index in [2.05, 4.69) is 0 Å². The van der Waals surface area contributed by atoms with Crippen LogP contribution >= 0.6 is 0 Å². The molecular weight excluding hydrogens is 669 g/mol. The normalized spacial score (nSPS) is 10.8. The van der Waals surface area contributed by atoms with Gasteiger partial charge >= 0.3 is 88.7 Å². The van der Waals surface area contributed by atoms with Gasteiger partial charge in [0.2, 0.25) is 0 Å². The van der Waals surface area contributed by atoms with Gasteiger partial charge in [0.15, 0.2) is 0 Å². The zero-order valence-corrected chi connectivity index (χ0v) is 21.7. The first-order valence-corrected chi connectivity index (χ1v) is 16.1. The summed E-state index contributed by atoms with van der Waals surface area (Å²) in [5, 5.41) is 39.3. The molecule has 0 atom stereocenters. The molecule has 0 saturated heterocycles. The molecule has 38 heavy (non-hydrogen) atoms. The quantitative estimate of drug-likeness (QED) is 0.0746. The van der Waals surface area contributed by atoms with Gasteiger partial charge in [-0.2, -0.15) is 42.1 Å². The molecule has 0 heterocycles. The summed E-state index contributed by atoms with van der Waals surface area (Å²) in [5.74, 6) is -2.88. The SMILES string of the molecule is O=S(=O)(O)CCO.O=S(=O)(O)CCO.O=S(=O)(O)CCO.O=S(=O)(O)CCO.O=S(=O)(O)CCO.[NaH].[NaH].[NaH]. The summed E-state index contributed by atoms with van der Waals surface area (Å²) in [7, 11) is -19.6. The molecule has 0 unspecified atom stereocenters. The van der Waals surface area contributed by atoms with E-state index in [4.69, 9.17) is 48.3 Å². The van der Waals surface area contributed by atoms with Crippen molar-refractivity contribution in [2.75, 3.05) is 61.8 Å². The van der Waals surface area contributed by atoms with E-state index in [9.17, 15) is 42.1 Å². The molecule has 0 aromatic heterocycles. The number of hydrogen-bond acceptors (Lipinski definition) is 15. The van der Waals surface area contributed by atoms with Crippen LogP contribution in [0.3, 0.4) is 0 Å². The Morgan fingerprint density at radius 2 is 0.368 bits per heavy atom. The number of aliphatic hydroxyl groups is 5. The third kappa shape index (κ3) is 107. The second kappa shape index (κ2) is 32.3. The van der Waals surface area contributed by atoms with Crippen molar-refractivity contribution in [2.45, 2.75) is 0 Å². The predicted molar refractivity (Wildman–Crippen MR) is 139 cm³/mol. The fourth-order valence-electron chi connectivity index (χ4n) is 0.577. The second-order valence-corrected chi connectivity index (χ2v) is 12.9. The van der Waals surface area contributed by atoms with Gasteiger partial charge in [0.1, 0.15) is 0 Å². The molecule has 0 fully saturated rings. The van der Waals surface area contributed by atoms with Crippen molar-refractivity contribution in [3.05, 3.63) is 0 Å². The van der Waals surface area contributed by atoms with Crippen LogP contribution in [-0.2, 0) is 50.6 Å². The van der Waals surface area contributed by atoms with Crippen LogP contribution in [0.25, 0.3) is 0 Å². The number of hydrogen-bond donors (Lipinski definition) is 10. The molecule has 20 nitrogen and oxygen atoms in total. The zero-order chi connectivity index (χ0) is 29.6. The molecule has 0 spiro atoms. The van der Waals surface area contributed by atoms with Crippen LogP contribution < -0.4 is 0 Å². The zero-order valence-electron chi connectivity index (χ0n) is 17.7. The van der Waals surface area contributed by atoms with Crippen molar-refractivity contribution in [1.82, 2.24) is 0 Å². The Morgan fingerprint density at radius 3 is 0.368 bits per heavy atom. The van der Waals surface area contributed by atoms with Crippen molar-refractivity contribution in [2.24, 2.45) is 0 Å². The molecule has 0 aromatic carbocycles. The van der Waals surface area contributed by atoms with Gasteiger partial charge in [0.25, 0.3) is 50.6 Å². The number of aliphatic hydroxyl groups excluding tert-OH is 5. The fraction of sp³-hybridized carbons (Fsp3) is 1.00. The Balaban J connectivity index is -0.0000000484. The first-order valence-electron chi connectivity index (χ1n) is 8.10. The van der Waals surface area contributed by atoms with Gasteiger partial charge in [-0.25, -0.2) is 0 Å². The summed E-state index contributed by atoms with van der Waals surface area (Å²) in [6.07, 6.45) is 0. The van der Waals surface area contributed by atoms with Crippen LogP contribution in [-0.4, -0.2) is 241 Å². The molecule has 0 aliphatic carbocycles. The molecule has 28 heteroatoms. The van der Waals surface area contributed by atoms with Crippen molar-refractivity contribution in [3.8, 4) is 0 Å². The molecule has 0 aromatic rings. The van der Waals surface area contributed by atoms with E-state index in [-0.39, 0.29) is 88.7 Å². The Morgan fingerprint density at radius 1 is 0.289 bits per heavy atom. The van der Waals surface area contributed by atoms with Gasteiger partial charge in [-0.15, -0.1) is 0 Å². The van der Waals surface area contributed by atoms with Gasteiger partial charge in [-0.1, -0.05) is 0 Å². The van der Waals surface area contributed by atoms with Gasteiger partial charge in [-0.05, 0) is 0 Å². The Hall–Kier alpha value is 2.35. The van der Waals surface area contributed by atoms with Gasteiger partial charge in [-0.3, -0.25) is 22.8 Å². The molecule has 0 rings (SSSR count). The van der Waals surface area contributed by atoms with Crippen LogP contribution in [0, 0.1) is 0 Å². The van der Waals surface area contributed by atoms with E-state index in [1.165, 1.54) is 0 Å². The van der Waals surface area contributed by atoms with E-state index in [1.54, 1.807) is 0 Å². The fourth-order valence-corrected chi connectivity index (χ4v) is 1.73. The average molecular weight is 703 g/mol. The van der Waals surface area contributed by atoms with Crippen molar-refractivity contribution >= 4 is 139 Å². The Labute approximate surface area is 287 Å². The Bertz CT molecular complexity index is 826. The first kappa shape index (κ1) is 59.7. The third-order valence-corrected chi connectivity index (χ3v) is 5.24. The maximum absolute atomic E-state index is 9.63. The first-order chi connectivity index (χ1) is 15.3. The van der Waals surface area contributed by atoms with E-state index < -0.39 is 112 Å². The number of rotatable bonds is 10. The topological polar surface area (TPSA) is 373 Å². The van der Waals surface area contributed by atoms with Gasteiger partial charge < -0.3 is 25.5 Å². The van der Waals surface area contributed by atoms with E-state index in [1.807, 2.05) is 0 Å². The van der Waals surface area contributed by atoms with Crippen LogP contribution in [0.2, 0.25) is 0 Å². The second-order valence-electron chi connectivity index (χ2n) is 5.05. The standard InChI is InChI=1S/5C2H6O4S.3Na.3H/c5*3-1-2-7(4,5)6;;;;;;/h5*3H,1-2H2,(H,4,5,6);;;;;;. The molecular formula is C10H33Na3O20S5. The maximum atomic E-state index is 9.63. The minimum atomic E-state index is -3.92. The molecule has 0 amide bonds. The molecule has 0 radical (unpaired) electrons. The van der Waals surface area contributed by atoms with Gasteiger partial charge in [0.05, 0.1) is 61.8 Å². The summed E-state index contributed by atoms with van der Waals surface area (Å²) >= 11 is 0. The van der Waals surface area contributed by atoms with Crippen LogP contribution in [0.4, 0.5) is 0 Å². The summed E-state index contributed by atoms with van der Waals surface area (Å²) in [4.78, 5) is 0. The van der Waals surface area contributed by atoms with Crippen molar-refractivity contribution < 1.29 is 90.4 Å². The van der Waals surface area contributed by atoms with Crippen molar-refractivity contribution in [3.63, 3.8) is 0 Å². The molecule has 0 aliphatic rings. The van der Waals surface area contributed by atoms with E-state index >= 15 is 0 Å². The monoisotopic (exact) mass is 702 g/mol. The van der Waals surface area contributed by atoms with Crippen LogP contribution in [0.1, 0.15) is 0 Å². The Kier molecular flexibility index (Phi) is 50.7. The van der Waals surface area contributed by atoms with Crippen LogP contribution in [0.15, 0.2) is 0 Å². The molecule has 0 aliphatic heterocycles. The molecule has 0 saturated carbocycles. The van der Waals surface area contributed by atoms with Crippen LogP contribution in [0.5, 0.6) is 0 Å². The van der Waals surface area contributed by atoms with Crippen molar-refractivity contribution in [1.29, 1.82) is 0 Å². The third-order valence-electron chi connectivity index (χ3n) is 1.75. The summed E-state index contributed by atoms with van der Waals surface area (Å²) < 4.78 is 135.